The van der Waals surface area contributed by atoms with Crippen molar-refractivity contribution in [2.45, 2.75) is 38.1 Å². The Morgan fingerprint density at radius 2 is 1.80 bits per heavy atom. The summed E-state index contributed by atoms with van der Waals surface area (Å²) in [5.74, 6) is 0.727. The SMILES string of the molecule is NC(=NC1CCCCC1)N1CCOCC1. The number of rotatable bonds is 1. The van der Waals surface area contributed by atoms with Crippen LogP contribution in [0.5, 0.6) is 0 Å². The van der Waals surface area contributed by atoms with Gasteiger partial charge < -0.3 is 15.4 Å². The zero-order chi connectivity index (χ0) is 10.5. The maximum Gasteiger partial charge on any atom is 0.191 e. The Kier molecular flexibility index (Phi) is 3.83. The first-order valence-electron chi connectivity index (χ1n) is 6.02. The summed E-state index contributed by atoms with van der Waals surface area (Å²) < 4.78 is 5.29. The van der Waals surface area contributed by atoms with Crippen LogP contribution in [0.25, 0.3) is 0 Å². The van der Waals surface area contributed by atoms with Gasteiger partial charge in [-0.2, -0.15) is 0 Å². The van der Waals surface area contributed by atoms with E-state index in [4.69, 9.17) is 10.5 Å². The number of nitrogens with two attached hydrogens (primary N) is 1. The molecule has 0 aromatic heterocycles. The molecule has 1 saturated carbocycles. The number of aliphatic imine (C=N–C) groups is 1. The molecule has 0 aromatic rings. The van der Waals surface area contributed by atoms with Gasteiger partial charge in [-0.3, -0.25) is 0 Å². The van der Waals surface area contributed by atoms with E-state index in [-0.39, 0.29) is 0 Å². The van der Waals surface area contributed by atoms with Gasteiger partial charge in [-0.05, 0) is 12.8 Å². The average Bonchev–Trinajstić information content (AvgIpc) is 2.31. The monoisotopic (exact) mass is 211 g/mol. The van der Waals surface area contributed by atoms with Crippen molar-refractivity contribution in [1.82, 2.24) is 4.90 Å². The summed E-state index contributed by atoms with van der Waals surface area (Å²) in [6.07, 6.45) is 6.41. The largest absolute Gasteiger partial charge is 0.378 e. The topological polar surface area (TPSA) is 50.8 Å². The van der Waals surface area contributed by atoms with E-state index < -0.39 is 0 Å². The van der Waals surface area contributed by atoms with E-state index in [9.17, 15) is 0 Å². The Hall–Kier alpha value is -0.770. The number of guanidine groups is 1. The first-order chi connectivity index (χ1) is 7.36. The number of hydrogen-bond donors (Lipinski definition) is 1. The maximum atomic E-state index is 6.00. The minimum Gasteiger partial charge on any atom is -0.378 e. The molecular formula is C11H21N3O. The molecule has 15 heavy (non-hydrogen) atoms. The van der Waals surface area contributed by atoms with E-state index in [1.807, 2.05) is 0 Å². The van der Waals surface area contributed by atoms with Gasteiger partial charge in [0, 0.05) is 13.1 Å². The molecular weight excluding hydrogens is 190 g/mol. The van der Waals surface area contributed by atoms with Crippen LogP contribution in [-0.2, 0) is 4.74 Å². The maximum absolute atomic E-state index is 6.00. The highest BCUT2D eigenvalue weighted by Crippen LogP contribution is 2.20. The van der Waals surface area contributed by atoms with E-state index in [2.05, 4.69) is 9.89 Å². The first kappa shape index (κ1) is 10.7. The van der Waals surface area contributed by atoms with Crippen LogP contribution in [0.1, 0.15) is 32.1 Å². The van der Waals surface area contributed by atoms with Crippen molar-refractivity contribution in [3.05, 3.63) is 0 Å². The Morgan fingerprint density at radius 1 is 1.13 bits per heavy atom. The number of nitrogens with zero attached hydrogens (tertiary/aromatic N) is 2. The van der Waals surface area contributed by atoms with Crippen LogP contribution in [0.2, 0.25) is 0 Å². The molecule has 1 aliphatic heterocycles. The Morgan fingerprint density at radius 3 is 2.47 bits per heavy atom. The Bertz CT molecular complexity index is 218. The molecule has 0 radical (unpaired) electrons. The summed E-state index contributed by atoms with van der Waals surface area (Å²) in [5, 5.41) is 0. The fraction of sp³-hybridized carbons (Fsp3) is 0.909. The molecule has 0 spiro atoms. The van der Waals surface area contributed by atoms with Crippen molar-refractivity contribution >= 4 is 5.96 Å². The summed E-state index contributed by atoms with van der Waals surface area (Å²) in [5.41, 5.74) is 6.00. The van der Waals surface area contributed by atoms with Crippen LogP contribution in [-0.4, -0.2) is 43.2 Å². The van der Waals surface area contributed by atoms with Gasteiger partial charge in [-0.1, -0.05) is 19.3 Å². The van der Waals surface area contributed by atoms with Crippen molar-refractivity contribution in [1.29, 1.82) is 0 Å². The number of hydrogen-bond acceptors (Lipinski definition) is 2. The van der Waals surface area contributed by atoms with Crippen LogP contribution in [0.15, 0.2) is 4.99 Å². The molecule has 1 saturated heterocycles. The molecule has 1 aliphatic carbocycles. The van der Waals surface area contributed by atoms with Crippen molar-refractivity contribution in [2.24, 2.45) is 10.7 Å². The highest BCUT2D eigenvalue weighted by Gasteiger charge is 2.16. The second-order valence-corrected chi connectivity index (χ2v) is 4.38. The summed E-state index contributed by atoms with van der Waals surface area (Å²) in [4.78, 5) is 6.76. The van der Waals surface area contributed by atoms with Crippen LogP contribution < -0.4 is 5.73 Å². The summed E-state index contributed by atoms with van der Waals surface area (Å²) >= 11 is 0. The lowest BCUT2D eigenvalue weighted by Gasteiger charge is -2.29. The summed E-state index contributed by atoms with van der Waals surface area (Å²) in [7, 11) is 0. The van der Waals surface area contributed by atoms with Crippen LogP contribution in [0.4, 0.5) is 0 Å². The van der Waals surface area contributed by atoms with E-state index in [0.29, 0.717) is 6.04 Å². The predicted octanol–water partition coefficient (Wildman–Crippen LogP) is 0.966. The van der Waals surface area contributed by atoms with Gasteiger partial charge in [0.2, 0.25) is 0 Å². The highest BCUT2D eigenvalue weighted by molar-refractivity contribution is 5.78. The van der Waals surface area contributed by atoms with Crippen LogP contribution in [0, 0.1) is 0 Å². The quantitative estimate of drug-likeness (QED) is 0.519. The van der Waals surface area contributed by atoms with Gasteiger partial charge in [0.25, 0.3) is 0 Å². The van der Waals surface area contributed by atoms with Crippen molar-refractivity contribution < 1.29 is 4.74 Å². The fourth-order valence-corrected chi connectivity index (χ4v) is 2.27. The zero-order valence-electron chi connectivity index (χ0n) is 9.32. The smallest absolute Gasteiger partial charge is 0.191 e. The van der Waals surface area contributed by atoms with E-state index >= 15 is 0 Å². The summed E-state index contributed by atoms with van der Waals surface area (Å²) in [6.45, 7) is 3.34. The third-order valence-corrected chi connectivity index (χ3v) is 3.22. The molecule has 0 aromatic carbocycles. The standard InChI is InChI=1S/C11H21N3O/c12-11(14-6-8-15-9-7-14)13-10-4-2-1-3-5-10/h10H,1-9H2,(H2,12,13). The third-order valence-electron chi connectivity index (χ3n) is 3.22. The molecule has 0 bridgehead atoms. The average molecular weight is 211 g/mol. The lowest BCUT2D eigenvalue weighted by Crippen LogP contribution is -2.45. The number of morpholine rings is 1. The minimum atomic E-state index is 0.474. The van der Waals surface area contributed by atoms with Gasteiger partial charge in [0.1, 0.15) is 0 Å². The van der Waals surface area contributed by atoms with Crippen molar-refractivity contribution in [3.63, 3.8) is 0 Å². The lowest BCUT2D eigenvalue weighted by molar-refractivity contribution is 0.0672. The Labute approximate surface area is 91.5 Å². The molecule has 4 nitrogen and oxygen atoms in total. The second kappa shape index (κ2) is 5.35. The van der Waals surface area contributed by atoms with Crippen molar-refractivity contribution in [2.75, 3.05) is 26.3 Å². The van der Waals surface area contributed by atoms with Gasteiger partial charge >= 0.3 is 0 Å². The van der Waals surface area contributed by atoms with Crippen molar-refractivity contribution in [3.8, 4) is 0 Å². The lowest BCUT2D eigenvalue weighted by atomic mass is 9.96. The van der Waals surface area contributed by atoms with E-state index in [1.54, 1.807) is 0 Å². The van der Waals surface area contributed by atoms with Crippen LogP contribution in [0.3, 0.4) is 0 Å². The number of ether oxygens (including phenoxy) is 1. The zero-order valence-corrected chi connectivity index (χ0v) is 9.32. The third kappa shape index (κ3) is 3.09. The van der Waals surface area contributed by atoms with Gasteiger partial charge in [0.05, 0.1) is 19.3 Å². The second-order valence-electron chi connectivity index (χ2n) is 4.38. The van der Waals surface area contributed by atoms with Gasteiger partial charge in [-0.25, -0.2) is 4.99 Å². The molecule has 1 heterocycles. The van der Waals surface area contributed by atoms with E-state index in [0.717, 1.165) is 32.3 Å². The molecule has 86 valence electrons. The molecule has 0 unspecified atom stereocenters. The molecule has 0 atom stereocenters. The normalized spacial score (nSPS) is 25.6. The van der Waals surface area contributed by atoms with Gasteiger partial charge in [-0.15, -0.1) is 0 Å². The highest BCUT2D eigenvalue weighted by atomic mass is 16.5. The molecule has 0 amide bonds. The molecule has 2 fully saturated rings. The fourth-order valence-electron chi connectivity index (χ4n) is 2.27. The molecule has 2 rings (SSSR count). The van der Waals surface area contributed by atoms with Gasteiger partial charge in [0.15, 0.2) is 5.96 Å². The first-order valence-corrected chi connectivity index (χ1v) is 6.02. The molecule has 2 aliphatic rings. The molecule has 4 heteroatoms. The Balaban J connectivity index is 1.86. The van der Waals surface area contributed by atoms with E-state index in [1.165, 1.54) is 32.1 Å². The predicted molar refractivity (Wildman–Crippen MR) is 60.9 cm³/mol. The summed E-state index contributed by atoms with van der Waals surface area (Å²) in [6, 6.07) is 0.474. The molecule has 2 N–H and O–H groups in total. The minimum absolute atomic E-state index is 0.474. The van der Waals surface area contributed by atoms with Crippen LogP contribution >= 0.6 is 0 Å².